The van der Waals surface area contributed by atoms with Gasteiger partial charge in [-0.05, 0) is 63.7 Å². The van der Waals surface area contributed by atoms with E-state index >= 15 is 0 Å². The minimum Gasteiger partial charge on any atom is -0.394 e. The van der Waals surface area contributed by atoms with Gasteiger partial charge in [-0.1, -0.05) is 66.2 Å². The highest BCUT2D eigenvalue weighted by molar-refractivity contribution is 7.47. The third-order valence-electron chi connectivity index (χ3n) is 15.2. The third-order valence-corrected chi connectivity index (χ3v) is 18.3. The number of carbonyl (C=O) groups is 1. The van der Waals surface area contributed by atoms with Crippen LogP contribution in [0.25, 0.3) is 0 Å². The van der Waals surface area contributed by atoms with Crippen molar-refractivity contribution in [2.75, 3.05) is 126 Å². The molecule has 0 radical (unpaired) electrons. The average Bonchev–Trinajstić information content (AvgIpc) is 0.888. The van der Waals surface area contributed by atoms with Crippen LogP contribution in [0.15, 0.2) is 0 Å². The number of phosphoric acid groups is 3. The van der Waals surface area contributed by atoms with Gasteiger partial charge in [0.2, 0.25) is 5.91 Å². The SMILES string of the molecule is CC(=O)NC1[C@H](OCCCCCCOP(=O)(O)OCCCOCC(COCCCOP(=O)(O)OCCCCCCO[C@@H]2OC(CO)[C@H](O)[C@H](O)C2C)(COCCCOP(=O)(O)OCCCCCCO[C@@H]2OC(CO)[C@H](O)[C@H](O)C2C)OCC(C)C)OC(CO)[C@H](O)[C@@H]1O. The molecule has 0 saturated carbocycles. The van der Waals surface area contributed by atoms with Crippen molar-refractivity contribution in [3.05, 3.63) is 0 Å². The molecule has 36 heteroatoms. The van der Waals surface area contributed by atoms with Gasteiger partial charge in [-0.15, -0.1) is 0 Å². The zero-order valence-corrected chi connectivity index (χ0v) is 57.3. The van der Waals surface area contributed by atoms with Crippen molar-refractivity contribution in [2.24, 2.45) is 17.8 Å². The van der Waals surface area contributed by atoms with Crippen LogP contribution in [-0.2, 0) is 93.0 Å². The van der Waals surface area contributed by atoms with Gasteiger partial charge in [-0.25, -0.2) is 13.7 Å². The maximum atomic E-state index is 12.7. The molecule has 3 aliphatic heterocycles. The summed E-state index contributed by atoms with van der Waals surface area (Å²) in [5.74, 6) is -1.44. The zero-order chi connectivity index (χ0) is 68.9. The van der Waals surface area contributed by atoms with E-state index < -0.39 is 146 Å². The summed E-state index contributed by atoms with van der Waals surface area (Å²) in [6.07, 6.45) is -5.80. The molecule has 9 unspecified atom stereocenters. The number of hydrogen-bond acceptors (Lipinski definition) is 29. The first kappa shape index (κ1) is 86.3. The standard InChI is InChI=1S/C57H112NO32P3/c1-40(2)36-81-57(37-75-21-18-30-85-91(69,70)82-27-15-9-6-12-24-78-54-41(3)48(63)50(65)44(33-59)88-54,38-76-22-19-31-86-92(71,72)83-28-16-10-7-13-25-79-55-42(4)49(64)51(66)45(34-60)89-55)39-77-23-20-32-87-93(73,74)84-29-17-11-8-14-26-80-56-47(58-43(5)62)53(68)52(67)46(35-61)90-56/h40-42,44-56,59-61,63-68H,6-39H2,1-5H3,(H,58,62)(H,69,70)(H,71,72)(H,73,74)/t41?,42?,44?,45?,46?,47?,48-,49-,50+,51+,52+,53-,54-,55-,56-,57?/m1/s1. The molecule has 552 valence electrons. The van der Waals surface area contributed by atoms with E-state index in [9.17, 15) is 79.1 Å². The maximum absolute atomic E-state index is 12.7. The van der Waals surface area contributed by atoms with Crippen LogP contribution in [-0.4, -0.2) is 278 Å². The van der Waals surface area contributed by atoms with E-state index in [-0.39, 0.29) is 118 Å². The number of rotatable bonds is 55. The fraction of sp³-hybridized carbons (Fsp3) is 0.982. The molecule has 0 bridgehead atoms. The summed E-state index contributed by atoms with van der Waals surface area (Å²) in [6, 6.07) is -1.06. The van der Waals surface area contributed by atoms with Crippen molar-refractivity contribution in [3.8, 4) is 0 Å². The number of carbonyl (C=O) groups excluding carboxylic acids is 1. The number of phosphoric ester groups is 3. The molecule has 3 aliphatic rings. The zero-order valence-electron chi connectivity index (χ0n) is 54.7. The second-order valence-corrected chi connectivity index (χ2v) is 28.3. The number of nitrogens with one attached hydrogen (secondary N) is 1. The normalized spacial score (nSPS) is 29.6. The lowest BCUT2D eigenvalue weighted by atomic mass is 9.92. The van der Waals surface area contributed by atoms with Gasteiger partial charge in [0, 0.05) is 65.0 Å². The molecule has 3 fully saturated rings. The Hall–Kier alpha value is -0.960. The number of hydrogen-bond donors (Lipinski definition) is 13. The Bertz CT molecular complexity index is 2010. The Morgan fingerprint density at radius 1 is 0.430 bits per heavy atom. The van der Waals surface area contributed by atoms with Crippen LogP contribution < -0.4 is 5.32 Å². The Labute approximate surface area is 546 Å². The lowest BCUT2D eigenvalue weighted by molar-refractivity contribution is -0.282. The molecular formula is C57H112NO32P3. The second kappa shape index (κ2) is 47.2. The Morgan fingerprint density at radius 3 is 1.03 bits per heavy atom. The molecule has 33 nitrogen and oxygen atoms in total. The summed E-state index contributed by atoms with van der Waals surface area (Å²) >= 11 is 0. The minimum atomic E-state index is -4.44. The highest BCUT2D eigenvalue weighted by atomic mass is 31.2. The number of unbranched alkanes of at least 4 members (excludes halogenated alkanes) is 9. The van der Waals surface area contributed by atoms with E-state index in [1.807, 2.05) is 13.8 Å². The van der Waals surface area contributed by atoms with Crippen molar-refractivity contribution in [1.29, 1.82) is 0 Å². The average molecular weight is 1420 g/mol. The van der Waals surface area contributed by atoms with Gasteiger partial charge in [0.05, 0.1) is 91.5 Å². The van der Waals surface area contributed by atoms with E-state index in [1.54, 1.807) is 13.8 Å². The van der Waals surface area contributed by atoms with E-state index in [4.69, 9.17) is 74.5 Å². The predicted molar refractivity (Wildman–Crippen MR) is 327 cm³/mol. The molecule has 93 heavy (non-hydrogen) atoms. The molecule has 18 atom stereocenters. The molecule has 13 N–H and O–H groups in total. The van der Waals surface area contributed by atoms with Gasteiger partial charge in [-0.3, -0.25) is 31.9 Å². The molecule has 3 saturated heterocycles. The molecule has 3 heterocycles. The van der Waals surface area contributed by atoms with Crippen molar-refractivity contribution in [3.63, 3.8) is 0 Å². The third kappa shape index (κ3) is 34.8. The van der Waals surface area contributed by atoms with Crippen LogP contribution in [0.2, 0.25) is 0 Å². The smallest absolute Gasteiger partial charge is 0.394 e. The second-order valence-electron chi connectivity index (χ2n) is 23.9. The highest BCUT2D eigenvalue weighted by Crippen LogP contribution is 2.45. The minimum absolute atomic E-state index is 0.0361. The molecule has 0 spiro atoms. The molecular weight excluding hydrogens is 1300 g/mol. The summed E-state index contributed by atoms with van der Waals surface area (Å²) in [5, 5.41) is 92.1. The first-order valence-corrected chi connectivity index (χ1v) is 36.9. The van der Waals surface area contributed by atoms with Crippen LogP contribution in [0.4, 0.5) is 0 Å². The van der Waals surface area contributed by atoms with Crippen LogP contribution in [0.1, 0.15) is 131 Å². The summed E-state index contributed by atoms with van der Waals surface area (Å²) in [5.41, 5.74) is -1.24. The van der Waals surface area contributed by atoms with Crippen LogP contribution in [0.5, 0.6) is 0 Å². The van der Waals surface area contributed by atoms with Gasteiger partial charge in [0.1, 0.15) is 54.4 Å². The summed E-state index contributed by atoms with van der Waals surface area (Å²) in [4.78, 5) is 42.6. The molecule has 0 aromatic heterocycles. The van der Waals surface area contributed by atoms with Crippen molar-refractivity contribution < 1.29 is 154 Å². The van der Waals surface area contributed by atoms with E-state index in [0.29, 0.717) is 90.3 Å². The first-order valence-electron chi connectivity index (χ1n) is 32.4. The van der Waals surface area contributed by atoms with Crippen molar-refractivity contribution in [2.45, 2.75) is 216 Å². The molecule has 0 aromatic rings. The van der Waals surface area contributed by atoms with Crippen molar-refractivity contribution in [1.82, 2.24) is 5.32 Å². The van der Waals surface area contributed by atoms with Crippen LogP contribution >= 0.6 is 23.5 Å². The number of aliphatic hydroxyl groups excluding tert-OH is 9. The van der Waals surface area contributed by atoms with Gasteiger partial charge >= 0.3 is 23.5 Å². The van der Waals surface area contributed by atoms with Crippen LogP contribution in [0.3, 0.4) is 0 Å². The fourth-order valence-electron chi connectivity index (χ4n) is 9.75. The van der Waals surface area contributed by atoms with Gasteiger partial charge in [0.15, 0.2) is 18.9 Å². The molecule has 0 aliphatic carbocycles. The van der Waals surface area contributed by atoms with Gasteiger partial charge in [0.25, 0.3) is 0 Å². The number of ether oxygens (including phenoxy) is 10. The van der Waals surface area contributed by atoms with E-state index in [2.05, 4.69) is 5.32 Å². The Balaban J connectivity index is 1.41. The Morgan fingerprint density at radius 2 is 0.720 bits per heavy atom. The van der Waals surface area contributed by atoms with E-state index in [0.717, 1.165) is 0 Å². The predicted octanol–water partition coefficient (Wildman–Crippen LogP) is 1.84. The summed E-state index contributed by atoms with van der Waals surface area (Å²) in [6.45, 7) is 7.03. The fourth-order valence-corrected chi connectivity index (χ4v) is 12.1. The lowest BCUT2D eigenvalue weighted by Gasteiger charge is -2.42. The molecule has 1 amide bonds. The number of amides is 1. The summed E-state index contributed by atoms with van der Waals surface area (Å²) < 4.78 is 127. The van der Waals surface area contributed by atoms with Gasteiger partial charge in [-0.2, -0.15) is 0 Å². The highest BCUT2D eigenvalue weighted by Gasteiger charge is 2.46. The Kier molecular flexibility index (Phi) is 43.8. The lowest BCUT2D eigenvalue weighted by Crippen LogP contribution is -2.64. The quantitative estimate of drug-likeness (QED) is 0.0305. The molecule has 0 aromatic carbocycles. The van der Waals surface area contributed by atoms with E-state index in [1.165, 1.54) is 6.92 Å². The van der Waals surface area contributed by atoms with Crippen molar-refractivity contribution >= 4 is 29.4 Å². The molecule has 3 rings (SSSR count). The van der Waals surface area contributed by atoms with Crippen LogP contribution in [0, 0.1) is 17.8 Å². The van der Waals surface area contributed by atoms with Gasteiger partial charge < -0.3 is 113 Å². The monoisotopic (exact) mass is 1420 g/mol. The first-order chi connectivity index (χ1) is 44.2. The maximum Gasteiger partial charge on any atom is 0.472 e. The largest absolute Gasteiger partial charge is 0.472 e. The topological polar surface area (TPSA) is 471 Å². The number of aliphatic hydroxyl groups is 9. The summed E-state index contributed by atoms with van der Waals surface area (Å²) in [7, 11) is -13.2.